The van der Waals surface area contributed by atoms with Gasteiger partial charge in [0.15, 0.2) is 0 Å². The molecule has 7 rings (SSSR count). The maximum atomic E-state index is 13.7. The minimum Gasteiger partial charge on any atom is -0.307 e. The van der Waals surface area contributed by atoms with Crippen molar-refractivity contribution in [3.8, 4) is 0 Å². The first-order valence-corrected chi connectivity index (χ1v) is 13.2. The van der Waals surface area contributed by atoms with Gasteiger partial charge in [-0.05, 0) is 66.5 Å². The van der Waals surface area contributed by atoms with E-state index in [4.69, 9.17) is 0 Å². The van der Waals surface area contributed by atoms with E-state index in [9.17, 15) is 18.8 Å². The average molecular weight is 493 g/mol. The maximum absolute atomic E-state index is 13.7. The topological polar surface area (TPSA) is 70.2 Å². The number of nitrogens with zero attached hydrogens (tertiary/aromatic N) is 1. The Hall–Kier alpha value is -2.71. The standard InChI is InChI=1S/C26H21FN2O3S2/c1-11-4-2-3-5-14(11)17-18-15-10-16(21(18)33-23-22(17)34-26(32)28-23)20-19(15)24(30)29(25(20)31)13-8-6-12(27)7-9-13/h2-9,15-21H,10H2,1H3,(H,28,32)/t15-,16+,17+,18-,19+,20+,21-/m0/s1. The Bertz CT molecular complexity index is 1410. The summed E-state index contributed by atoms with van der Waals surface area (Å²) in [5, 5.41) is 1.08. The van der Waals surface area contributed by atoms with Crippen molar-refractivity contribution < 1.29 is 14.0 Å². The Morgan fingerprint density at radius 1 is 0.971 bits per heavy atom. The molecule has 2 aliphatic carbocycles. The van der Waals surface area contributed by atoms with Crippen LogP contribution in [0.5, 0.6) is 0 Å². The second kappa shape index (κ2) is 7.15. The summed E-state index contributed by atoms with van der Waals surface area (Å²) in [7, 11) is 0. The summed E-state index contributed by atoms with van der Waals surface area (Å²) in [6.45, 7) is 2.09. The average Bonchev–Trinajstić information content (AvgIpc) is 3.54. The van der Waals surface area contributed by atoms with Crippen LogP contribution < -0.4 is 9.77 Å². The number of halogens is 1. The number of carbonyl (C=O) groups is 2. The molecule has 172 valence electrons. The Kier molecular flexibility index (Phi) is 4.34. The third kappa shape index (κ3) is 2.64. The van der Waals surface area contributed by atoms with E-state index in [1.807, 2.05) is 12.1 Å². The van der Waals surface area contributed by atoms with Crippen molar-refractivity contribution in [1.82, 2.24) is 4.98 Å². The van der Waals surface area contributed by atoms with E-state index in [-0.39, 0.29) is 57.4 Å². The highest BCUT2D eigenvalue weighted by atomic mass is 32.2. The summed E-state index contributed by atoms with van der Waals surface area (Å²) in [6, 6.07) is 13.9. The smallest absolute Gasteiger partial charge is 0.305 e. The number of carbonyl (C=O) groups excluding carboxylic acids is 2. The molecule has 2 saturated carbocycles. The van der Waals surface area contributed by atoms with Crippen molar-refractivity contribution in [1.29, 1.82) is 0 Å². The number of aromatic amines is 1. The van der Waals surface area contributed by atoms with Gasteiger partial charge >= 0.3 is 4.87 Å². The molecule has 8 heteroatoms. The van der Waals surface area contributed by atoms with Gasteiger partial charge in [-0.2, -0.15) is 0 Å². The van der Waals surface area contributed by atoms with E-state index in [0.717, 1.165) is 16.3 Å². The van der Waals surface area contributed by atoms with Gasteiger partial charge in [0.1, 0.15) is 5.82 Å². The summed E-state index contributed by atoms with van der Waals surface area (Å²) >= 11 is 2.96. The number of thiazole rings is 1. The number of H-pyrrole nitrogens is 1. The quantitative estimate of drug-likeness (QED) is 0.533. The molecule has 1 aromatic heterocycles. The first-order chi connectivity index (χ1) is 16.4. The molecule has 2 amide bonds. The number of hydrogen-bond acceptors (Lipinski definition) is 5. The second-order valence-electron chi connectivity index (χ2n) is 9.81. The van der Waals surface area contributed by atoms with E-state index in [1.165, 1.54) is 51.6 Å². The predicted molar refractivity (Wildman–Crippen MR) is 129 cm³/mol. The largest absolute Gasteiger partial charge is 0.307 e. The minimum atomic E-state index is -0.397. The van der Waals surface area contributed by atoms with Crippen LogP contribution in [-0.2, 0) is 9.59 Å². The SMILES string of the molecule is Cc1ccccc1[C@H]1c2sc(=O)[nH]c2S[C@H]2[C@@H]3C[C@H]([C@H]4C(=O)N(c5ccc(F)cc5)C(=O)[C@H]34)[C@@H]12. The lowest BCUT2D eigenvalue weighted by Crippen LogP contribution is -2.42. The van der Waals surface area contributed by atoms with Gasteiger partial charge < -0.3 is 4.98 Å². The lowest BCUT2D eigenvalue weighted by molar-refractivity contribution is -0.123. The molecule has 0 spiro atoms. The van der Waals surface area contributed by atoms with Crippen molar-refractivity contribution in [2.75, 3.05) is 4.90 Å². The number of benzene rings is 2. The van der Waals surface area contributed by atoms with E-state index >= 15 is 0 Å². The molecular weight excluding hydrogens is 471 g/mol. The Morgan fingerprint density at radius 2 is 1.68 bits per heavy atom. The highest BCUT2D eigenvalue weighted by molar-refractivity contribution is 8.00. The molecule has 5 nitrogen and oxygen atoms in total. The monoisotopic (exact) mass is 492 g/mol. The number of nitrogens with one attached hydrogen (secondary N) is 1. The summed E-state index contributed by atoms with van der Waals surface area (Å²) in [5.74, 6) is -1.05. The van der Waals surface area contributed by atoms with Crippen molar-refractivity contribution in [2.24, 2.45) is 29.6 Å². The molecule has 3 heterocycles. The lowest BCUT2D eigenvalue weighted by Gasteiger charge is -2.43. The van der Waals surface area contributed by atoms with Crippen molar-refractivity contribution in [3.63, 3.8) is 0 Å². The number of hydrogen-bond donors (Lipinski definition) is 1. The second-order valence-corrected chi connectivity index (χ2v) is 12.0. The molecule has 1 saturated heterocycles. The van der Waals surface area contributed by atoms with Gasteiger partial charge in [0.25, 0.3) is 0 Å². The van der Waals surface area contributed by atoms with Gasteiger partial charge in [-0.15, -0.1) is 11.8 Å². The summed E-state index contributed by atoms with van der Waals surface area (Å²) < 4.78 is 13.5. The van der Waals surface area contributed by atoms with Crippen LogP contribution >= 0.6 is 23.1 Å². The molecule has 2 aliphatic heterocycles. The molecule has 2 bridgehead atoms. The number of aromatic nitrogens is 1. The van der Waals surface area contributed by atoms with Gasteiger partial charge in [-0.3, -0.25) is 19.3 Å². The number of imide groups is 1. The van der Waals surface area contributed by atoms with E-state index in [2.05, 4.69) is 24.0 Å². The fourth-order valence-electron chi connectivity index (χ4n) is 7.15. The van der Waals surface area contributed by atoms with Crippen LogP contribution in [-0.4, -0.2) is 22.0 Å². The maximum Gasteiger partial charge on any atom is 0.305 e. The summed E-state index contributed by atoms with van der Waals surface area (Å²) in [4.78, 5) is 44.9. The molecule has 7 atom stereocenters. The van der Waals surface area contributed by atoms with Crippen LogP contribution in [0.4, 0.5) is 10.1 Å². The molecule has 34 heavy (non-hydrogen) atoms. The zero-order chi connectivity index (χ0) is 23.3. The molecular formula is C26H21FN2O3S2. The van der Waals surface area contributed by atoms with Crippen LogP contribution in [0.25, 0.3) is 0 Å². The van der Waals surface area contributed by atoms with Gasteiger partial charge in [-0.25, -0.2) is 4.39 Å². The predicted octanol–water partition coefficient (Wildman–Crippen LogP) is 4.56. The number of aryl methyl sites for hydroxylation is 1. The van der Waals surface area contributed by atoms with Gasteiger partial charge in [0, 0.05) is 16.0 Å². The number of thioether (sulfide) groups is 1. The highest BCUT2D eigenvalue weighted by Gasteiger charge is 2.69. The number of rotatable bonds is 2. The van der Waals surface area contributed by atoms with Crippen molar-refractivity contribution >= 4 is 40.6 Å². The molecule has 0 unspecified atom stereocenters. The van der Waals surface area contributed by atoms with Crippen LogP contribution in [0.15, 0.2) is 58.4 Å². The zero-order valence-corrected chi connectivity index (χ0v) is 19.9. The lowest BCUT2D eigenvalue weighted by atomic mass is 9.67. The van der Waals surface area contributed by atoms with E-state index in [0.29, 0.717) is 5.69 Å². The summed E-state index contributed by atoms with van der Waals surface area (Å²) in [5.41, 5.74) is 2.82. The Labute approximate surface area is 203 Å². The van der Waals surface area contributed by atoms with Crippen LogP contribution in [0.2, 0.25) is 0 Å². The highest BCUT2D eigenvalue weighted by Crippen LogP contribution is 2.68. The number of amides is 2. The van der Waals surface area contributed by atoms with Crippen LogP contribution in [0.3, 0.4) is 0 Å². The molecule has 0 radical (unpaired) electrons. The molecule has 3 aromatic rings. The van der Waals surface area contributed by atoms with Crippen LogP contribution in [0, 0.1) is 42.3 Å². The van der Waals surface area contributed by atoms with Gasteiger partial charge in [0.05, 0.1) is 22.5 Å². The van der Waals surface area contributed by atoms with Crippen LogP contribution in [0.1, 0.15) is 28.3 Å². The van der Waals surface area contributed by atoms with Crippen molar-refractivity contribution in [2.45, 2.75) is 29.5 Å². The zero-order valence-electron chi connectivity index (χ0n) is 18.2. The first-order valence-electron chi connectivity index (χ1n) is 11.5. The number of anilines is 1. The van der Waals surface area contributed by atoms with E-state index < -0.39 is 5.82 Å². The van der Waals surface area contributed by atoms with E-state index in [1.54, 1.807) is 11.8 Å². The Balaban J connectivity index is 1.34. The fourth-order valence-corrected chi connectivity index (χ4v) is 10.0. The third-order valence-corrected chi connectivity index (χ3v) is 10.9. The number of fused-ring (bicyclic) bond motifs is 9. The Morgan fingerprint density at radius 3 is 2.41 bits per heavy atom. The minimum absolute atomic E-state index is 0.0325. The third-order valence-electron chi connectivity index (χ3n) is 8.33. The molecule has 3 fully saturated rings. The summed E-state index contributed by atoms with van der Waals surface area (Å²) in [6.07, 6.45) is 0.855. The first kappa shape index (κ1) is 20.6. The van der Waals surface area contributed by atoms with Gasteiger partial charge in [-0.1, -0.05) is 35.6 Å². The van der Waals surface area contributed by atoms with Crippen molar-refractivity contribution in [3.05, 3.63) is 80.0 Å². The fraction of sp³-hybridized carbons (Fsp3) is 0.346. The molecule has 2 aromatic carbocycles. The van der Waals surface area contributed by atoms with Gasteiger partial charge in [0.2, 0.25) is 11.8 Å². The molecule has 4 aliphatic rings. The normalized spacial score (nSPS) is 33.2. The molecule has 1 N–H and O–H groups in total.